The quantitative estimate of drug-likeness (QED) is 0.759. The fourth-order valence-electron chi connectivity index (χ4n) is 2.13. The smallest absolute Gasteiger partial charge is 0.223 e. The van der Waals surface area contributed by atoms with Crippen LogP contribution in [0.15, 0.2) is 24.3 Å². The number of hydrogen-bond acceptors (Lipinski definition) is 4. The van der Waals surface area contributed by atoms with Gasteiger partial charge in [-0.05, 0) is 30.0 Å². The summed E-state index contributed by atoms with van der Waals surface area (Å²) in [7, 11) is 1.62. The fraction of sp³-hybridized carbons (Fsp3) is 0.562. The minimum Gasteiger partial charge on any atom is -0.497 e. The molecule has 1 amide bonds. The third kappa shape index (κ3) is 5.02. The highest BCUT2D eigenvalue weighted by Crippen LogP contribution is 2.37. The Morgan fingerprint density at radius 3 is 2.67 bits per heavy atom. The summed E-state index contributed by atoms with van der Waals surface area (Å²) >= 11 is 0. The number of aliphatic hydroxyl groups is 1. The molecule has 1 fully saturated rings. The van der Waals surface area contributed by atoms with Crippen LogP contribution in [0.25, 0.3) is 0 Å². The van der Waals surface area contributed by atoms with E-state index < -0.39 is 6.10 Å². The van der Waals surface area contributed by atoms with Crippen LogP contribution in [-0.4, -0.2) is 37.4 Å². The minimum atomic E-state index is -0.679. The normalized spacial score (nSPS) is 21.7. The van der Waals surface area contributed by atoms with Crippen molar-refractivity contribution in [2.24, 2.45) is 11.8 Å². The fourth-order valence-corrected chi connectivity index (χ4v) is 2.13. The van der Waals surface area contributed by atoms with E-state index >= 15 is 0 Å². The van der Waals surface area contributed by atoms with Crippen LogP contribution in [0.1, 0.15) is 18.9 Å². The van der Waals surface area contributed by atoms with Gasteiger partial charge in [0.05, 0.1) is 26.4 Å². The molecule has 1 saturated carbocycles. The first kappa shape index (κ1) is 15.8. The summed E-state index contributed by atoms with van der Waals surface area (Å²) in [4.78, 5) is 11.6. The van der Waals surface area contributed by atoms with Gasteiger partial charge in [0, 0.05) is 12.5 Å². The van der Waals surface area contributed by atoms with Crippen LogP contribution in [0.2, 0.25) is 0 Å². The Bertz CT molecular complexity index is 460. The second-order valence-electron chi connectivity index (χ2n) is 5.58. The van der Waals surface area contributed by atoms with Crippen molar-refractivity contribution in [2.45, 2.75) is 26.1 Å². The molecule has 0 radical (unpaired) electrons. The Balaban J connectivity index is 1.60. The van der Waals surface area contributed by atoms with Crippen molar-refractivity contribution in [3.05, 3.63) is 29.8 Å². The molecule has 0 saturated heterocycles. The summed E-state index contributed by atoms with van der Waals surface area (Å²) in [6, 6.07) is 7.57. The summed E-state index contributed by atoms with van der Waals surface area (Å²) in [6.45, 7) is 2.92. The van der Waals surface area contributed by atoms with E-state index in [1.165, 1.54) is 0 Å². The van der Waals surface area contributed by atoms with E-state index in [-0.39, 0.29) is 25.0 Å². The van der Waals surface area contributed by atoms with Crippen LogP contribution in [-0.2, 0) is 16.1 Å². The van der Waals surface area contributed by atoms with Crippen LogP contribution < -0.4 is 10.1 Å². The second-order valence-corrected chi connectivity index (χ2v) is 5.58. The van der Waals surface area contributed by atoms with Crippen molar-refractivity contribution in [2.75, 3.05) is 20.3 Å². The molecule has 116 valence electrons. The molecule has 0 unspecified atom stereocenters. The van der Waals surface area contributed by atoms with Gasteiger partial charge in [-0.1, -0.05) is 19.1 Å². The first-order chi connectivity index (χ1) is 10.1. The molecule has 1 aromatic carbocycles. The maximum absolute atomic E-state index is 11.6. The first-order valence-corrected chi connectivity index (χ1v) is 7.26. The van der Waals surface area contributed by atoms with Crippen LogP contribution in [0, 0.1) is 11.8 Å². The molecule has 21 heavy (non-hydrogen) atoms. The lowest BCUT2D eigenvalue weighted by atomic mass is 10.2. The van der Waals surface area contributed by atoms with Crippen molar-refractivity contribution >= 4 is 5.91 Å². The Morgan fingerprint density at radius 2 is 2.10 bits per heavy atom. The van der Waals surface area contributed by atoms with Gasteiger partial charge in [-0.3, -0.25) is 4.79 Å². The van der Waals surface area contributed by atoms with Crippen LogP contribution in [0.3, 0.4) is 0 Å². The van der Waals surface area contributed by atoms with E-state index in [2.05, 4.69) is 12.2 Å². The Morgan fingerprint density at radius 1 is 1.43 bits per heavy atom. The summed E-state index contributed by atoms with van der Waals surface area (Å²) in [5.41, 5.74) is 1.01. The van der Waals surface area contributed by atoms with E-state index in [0.717, 1.165) is 17.7 Å². The zero-order valence-corrected chi connectivity index (χ0v) is 12.5. The number of benzene rings is 1. The highest BCUT2D eigenvalue weighted by Gasteiger charge is 2.38. The zero-order chi connectivity index (χ0) is 15.2. The summed E-state index contributed by atoms with van der Waals surface area (Å²) in [6.07, 6.45) is 0.275. The van der Waals surface area contributed by atoms with E-state index in [0.29, 0.717) is 12.5 Å². The molecular weight excluding hydrogens is 270 g/mol. The van der Waals surface area contributed by atoms with E-state index in [1.54, 1.807) is 7.11 Å². The third-order valence-corrected chi connectivity index (χ3v) is 3.70. The molecule has 0 spiro atoms. The molecule has 2 N–H and O–H groups in total. The lowest BCUT2D eigenvalue weighted by molar-refractivity contribution is -0.123. The van der Waals surface area contributed by atoms with Gasteiger partial charge >= 0.3 is 0 Å². The summed E-state index contributed by atoms with van der Waals surface area (Å²) < 4.78 is 10.5. The Labute approximate surface area is 125 Å². The van der Waals surface area contributed by atoms with Crippen molar-refractivity contribution in [3.63, 3.8) is 0 Å². The number of hydrogen-bond donors (Lipinski definition) is 2. The monoisotopic (exact) mass is 293 g/mol. The summed E-state index contributed by atoms with van der Waals surface area (Å²) in [5, 5.41) is 12.5. The van der Waals surface area contributed by atoms with E-state index in [1.807, 2.05) is 24.3 Å². The van der Waals surface area contributed by atoms with Gasteiger partial charge in [0.25, 0.3) is 0 Å². The standard InChI is InChI=1S/C16H23NO4/c1-11-7-15(11)16(19)17-8-13(18)10-21-9-12-3-5-14(20-2)6-4-12/h3-6,11,13,15,18H,7-10H2,1-2H3,(H,17,19)/t11-,13+,15-/m0/s1. The highest BCUT2D eigenvalue weighted by molar-refractivity contribution is 5.81. The lowest BCUT2D eigenvalue weighted by Crippen LogP contribution is -2.35. The molecule has 0 heterocycles. The number of carbonyl (C=O) groups is 1. The van der Waals surface area contributed by atoms with Gasteiger partial charge in [0.15, 0.2) is 0 Å². The number of aliphatic hydroxyl groups excluding tert-OH is 1. The summed E-state index contributed by atoms with van der Waals surface area (Å²) in [5.74, 6) is 1.46. The number of carbonyl (C=O) groups excluding carboxylic acids is 1. The maximum atomic E-state index is 11.6. The van der Waals surface area contributed by atoms with Gasteiger partial charge in [-0.15, -0.1) is 0 Å². The molecule has 5 nitrogen and oxygen atoms in total. The molecule has 0 bridgehead atoms. The number of amides is 1. The number of ether oxygens (including phenoxy) is 2. The van der Waals surface area contributed by atoms with Crippen LogP contribution in [0.5, 0.6) is 5.75 Å². The predicted molar refractivity (Wildman–Crippen MR) is 78.9 cm³/mol. The molecule has 0 aliphatic heterocycles. The molecule has 1 aliphatic carbocycles. The second kappa shape index (κ2) is 7.43. The molecule has 1 aliphatic rings. The number of nitrogens with one attached hydrogen (secondary N) is 1. The van der Waals surface area contributed by atoms with Gasteiger partial charge in [-0.25, -0.2) is 0 Å². The van der Waals surface area contributed by atoms with Gasteiger partial charge in [-0.2, -0.15) is 0 Å². The van der Waals surface area contributed by atoms with Crippen molar-refractivity contribution in [1.82, 2.24) is 5.32 Å². The molecule has 1 aromatic rings. The lowest BCUT2D eigenvalue weighted by Gasteiger charge is -2.12. The van der Waals surface area contributed by atoms with Gasteiger partial charge in [0.1, 0.15) is 5.75 Å². The minimum absolute atomic E-state index is 0.0386. The average Bonchev–Trinajstić information content (AvgIpc) is 3.22. The van der Waals surface area contributed by atoms with Crippen molar-refractivity contribution in [1.29, 1.82) is 0 Å². The molecule has 3 atom stereocenters. The van der Waals surface area contributed by atoms with E-state index in [9.17, 15) is 9.90 Å². The average molecular weight is 293 g/mol. The molecular formula is C16H23NO4. The third-order valence-electron chi connectivity index (χ3n) is 3.70. The van der Waals surface area contributed by atoms with Crippen molar-refractivity contribution < 1.29 is 19.4 Å². The van der Waals surface area contributed by atoms with Gasteiger partial charge in [0.2, 0.25) is 5.91 Å². The molecule has 5 heteroatoms. The highest BCUT2D eigenvalue weighted by atomic mass is 16.5. The number of rotatable bonds is 8. The first-order valence-electron chi connectivity index (χ1n) is 7.26. The topological polar surface area (TPSA) is 67.8 Å². The van der Waals surface area contributed by atoms with E-state index in [4.69, 9.17) is 9.47 Å². The molecule has 0 aromatic heterocycles. The van der Waals surface area contributed by atoms with Crippen molar-refractivity contribution in [3.8, 4) is 5.75 Å². The predicted octanol–water partition coefficient (Wildman–Crippen LogP) is 1.34. The SMILES string of the molecule is COc1ccc(COC[C@H](O)CNC(=O)[C@H]2C[C@@H]2C)cc1. The Kier molecular flexibility index (Phi) is 5.59. The van der Waals surface area contributed by atoms with Crippen LogP contribution >= 0.6 is 0 Å². The maximum Gasteiger partial charge on any atom is 0.223 e. The largest absolute Gasteiger partial charge is 0.497 e. The van der Waals surface area contributed by atoms with Crippen LogP contribution in [0.4, 0.5) is 0 Å². The molecule has 2 rings (SSSR count). The van der Waals surface area contributed by atoms with Gasteiger partial charge < -0.3 is 19.9 Å². The zero-order valence-electron chi connectivity index (χ0n) is 12.5. The Hall–Kier alpha value is -1.59. The number of methoxy groups -OCH3 is 1.